The van der Waals surface area contributed by atoms with Crippen molar-refractivity contribution >= 4 is 11.9 Å². The Bertz CT molecular complexity index is 303. The fourth-order valence-corrected chi connectivity index (χ4v) is 1.76. The minimum absolute atomic E-state index is 0.227. The summed E-state index contributed by atoms with van der Waals surface area (Å²) in [7, 11) is 0. The van der Waals surface area contributed by atoms with Gasteiger partial charge in [0.05, 0.1) is 0 Å². The number of amides is 1. The first-order valence-electron chi connectivity index (χ1n) is 6.81. The average Bonchev–Trinajstić information content (AvgIpc) is 3.04. The largest absolute Gasteiger partial charge is 0.444 e. The molecule has 0 bridgehead atoms. The molecule has 1 N–H and O–H groups in total. The van der Waals surface area contributed by atoms with E-state index >= 15 is 0 Å². The molecule has 1 saturated carbocycles. The molecule has 0 spiro atoms. The lowest BCUT2D eigenvalue weighted by Gasteiger charge is -2.21. The van der Waals surface area contributed by atoms with Gasteiger partial charge in [-0.15, -0.1) is 0 Å². The summed E-state index contributed by atoms with van der Waals surface area (Å²) < 4.78 is 5.16. The van der Waals surface area contributed by atoms with Crippen LogP contribution >= 0.6 is 0 Å². The number of alkyl carbamates (subject to hydrolysis) is 1. The van der Waals surface area contributed by atoms with Gasteiger partial charge in [0.15, 0.2) is 0 Å². The van der Waals surface area contributed by atoms with Crippen LogP contribution in [0.4, 0.5) is 4.79 Å². The fourth-order valence-electron chi connectivity index (χ4n) is 1.76. The van der Waals surface area contributed by atoms with E-state index in [1.807, 2.05) is 27.7 Å². The van der Waals surface area contributed by atoms with Crippen LogP contribution in [0.3, 0.4) is 0 Å². The Morgan fingerprint density at radius 2 is 1.94 bits per heavy atom. The van der Waals surface area contributed by atoms with E-state index in [1.54, 1.807) is 0 Å². The van der Waals surface area contributed by atoms with Crippen molar-refractivity contribution < 1.29 is 14.3 Å². The van der Waals surface area contributed by atoms with E-state index in [4.69, 9.17) is 4.74 Å². The van der Waals surface area contributed by atoms with E-state index in [1.165, 1.54) is 0 Å². The topological polar surface area (TPSA) is 55.4 Å². The van der Waals surface area contributed by atoms with Crippen LogP contribution < -0.4 is 5.32 Å². The van der Waals surface area contributed by atoms with Gasteiger partial charge in [0.25, 0.3) is 0 Å². The third-order valence-corrected chi connectivity index (χ3v) is 3.03. The molecule has 1 fully saturated rings. The number of ether oxygens (including phenoxy) is 1. The number of hydrogen-bond donors (Lipinski definition) is 1. The quantitative estimate of drug-likeness (QED) is 0.794. The number of carbonyl (C=O) groups is 2. The number of Topliss-reactive ketones (excluding diaryl/α,β-unsaturated/α-hetero) is 1. The van der Waals surface area contributed by atoms with E-state index in [-0.39, 0.29) is 5.92 Å². The van der Waals surface area contributed by atoms with Crippen LogP contribution in [0.15, 0.2) is 0 Å². The molecule has 4 heteroatoms. The average molecular weight is 255 g/mol. The molecular formula is C14H25NO3. The first-order valence-corrected chi connectivity index (χ1v) is 6.81. The van der Waals surface area contributed by atoms with Crippen LogP contribution in [-0.2, 0) is 9.53 Å². The highest BCUT2D eigenvalue weighted by Crippen LogP contribution is 2.32. The smallest absolute Gasteiger partial charge is 0.407 e. The molecule has 0 aliphatic heterocycles. The molecule has 0 radical (unpaired) electrons. The third-order valence-electron chi connectivity index (χ3n) is 3.03. The van der Waals surface area contributed by atoms with Crippen LogP contribution in [0, 0.1) is 11.8 Å². The van der Waals surface area contributed by atoms with Crippen molar-refractivity contribution in [2.45, 2.75) is 59.0 Å². The molecule has 1 rings (SSSR count). The lowest BCUT2D eigenvalue weighted by atomic mass is 9.98. The van der Waals surface area contributed by atoms with Crippen molar-refractivity contribution in [3.05, 3.63) is 0 Å². The summed E-state index contributed by atoms with van der Waals surface area (Å²) in [6.45, 7) is 8.06. The standard InChI is InChI=1S/C14H25NO3/c1-5-10(8-12(16)11-6-7-11)9-15-13(17)18-14(2,3)4/h10-11H,5-9H2,1-4H3,(H,15,17). The highest BCUT2D eigenvalue weighted by molar-refractivity contribution is 5.83. The number of rotatable bonds is 6. The van der Waals surface area contributed by atoms with Crippen LogP contribution in [0.2, 0.25) is 0 Å². The maximum atomic E-state index is 11.7. The number of hydrogen-bond acceptors (Lipinski definition) is 3. The second-order valence-electron chi connectivity index (χ2n) is 6.10. The van der Waals surface area contributed by atoms with E-state index < -0.39 is 11.7 Å². The van der Waals surface area contributed by atoms with Crippen molar-refractivity contribution in [1.29, 1.82) is 0 Å². The summed E-state index contributed by atoms with van der Waals surface area (Å²) in [4.78, 5) is 23.2. The van der Waals surface area contributed by atoms with Crippen molar-refractivity contribution in [3.8, 4) is 0 Å². The van der Waals surface area contributed by atoms with E-state index in [0.717, 1.165) is 19.3 Å². The normalized spacial score (nSPS) is 17.1. The predicted octanol–water partition coefficient (Wildman–Crippen LogP) is 2.91. The number of nitrogens with one attached hydrogen (secondary N) is 1. The lowest BCUT2D eigenvalue weighted by Crippen LogP contribution is -2.35. The van der Waals surface area contributed by atoms with Crippen LogP contribution in [0.5, 0.6) is 0 Å². The van der Waals surface area contributed by atoms with Gasteiger partial charge in [0, 0.05) is 18.9 Å². The van der Waals surface area contributed by atoms with Gasteiger partial charge in [-0.25, -0.2) is 4.79 Å². The summed E-state index contributed by atoms with van der Waals surface area (Å²) in [5.41, 5.74) is -0.477. The summed E-state index contributed by atoms with van der Waals surface area (Å²) in [6.07, 6.45) is 3.18. The van der Waals surface area contributed by atoms with Gasteiger partial charge in [0.1, 0.15) is 11.4 Å². The molecule has 0 saturated heterocycles. The summed E-state index contributed by atoms with van der Waals surface area (Å²) in [5.74, 6) is 0.888. The van der Waals surface area contributed by atoms with E-state index in [9.17, 15) is 9.59 Å². The molecule has 4 nitrogen and oxygen atoms in total. The maximum Gasteiger partial charge on any atom is 0.407 e. The van der Waals surface area contributed by atoms with E-state index in [2.05, 4.69) is 5.32 Å². The molecule has 1 atom stereocenters. The Morgan fingerprint density at radius 1 is 1.33 bits per heavy atom. The molecular weight excluding hydrogens is 230 g/mol. The SMILES string of the molecule is CCC(CNC(=O)OC(C)(C)C)CC(=O)C1CC1. The number of ketones is 1. The van der Waals surface area contributed by atoms with Crippen molar-refractivity contribution in [2.24, 2.45) is 11.8 Å². The summed E-state index contributed by atoms with van der Waals surface area (Å²) in [5, 5.41) is 2.74. The molecule has 0 aromatic rings. The van der Waals surface area contributed by atoms with Gasteiger partial charge >= 0.3 is 6.09 Å². The Balaban J connectivity index is 2.25. The third kappa shape index (κ3) is 6.03. The molecule has 0 heterocycles. The van der Waals surface area contributed by atoms with Gasteiger partial charge in [0.2, 0.25) is 0 Å². The second kappa shape index (κ2) is 6.21. The second-order valence-corrected chi connectivity index (χ2v) is 6.10. The molecule has 0 aromatic heterocycles. The molecule has 0 aromatic carbocycles. The minimum Gasteiger partial charge on any atom is -0.444 e. The van der Waals surface area contributed by atoms with Crippen LogP contribution in [0.1, 0.15) is 53.4 Å². The molecule has 18 heavy (non-hydrogen) atoms. The van der Waals surface area contributed by atoms with Gasteiger partial charge in [-0.1, -0.05) is 13.3 Å². The zero-order valence-electron chi connectivity index (χ0n) is 11.9. The first kappa shape index (κ1) is 15.0. The number of carbonyl (C=O) groups excluding carboxylic acids is 2. The zero-order chi connectivity index (χ0) is 13.8. The van der Waals surface area contributed by atoms with Gasteiger partial charge < -0.3 is 10.1 Å². The monoisotopic (exact) mass is 255 g/mol. The van der Waals surface area contributed by atoms with Gasteiger partial charge in [-0.3, -0.25) is 4.79 Å². The Hall–Kier alpha value is -1.06. The lowest BCUT2D eigenvalue weighted by molar-refractivity contribution is -0.121. The Morgan fingerprint density at radius 3 is 2.39 bits per heavy atom. The van der Waals surface area contributed by atoms with Crippen molar-refractivity contribution in [2.75, 3.05) is 6.54 Å². The Kier molecular flexibility index (Phi) is 5.17. The van der Waals surface area contributed by atoms with Gasteiger partial charge in [-0.2, -0.15) is 0 Å². The molecule has 1 amide bonds. The Labute approximate surface area is 109 Å². The van der Waals surface area contributed by atoms with Crippen molar-refractivity contribution in [3.63, 3.8) is 0 Å². The zero-order valence-corrected chi connectivity index (χ0v) is 11.9. The highest BCUT2D eigenvalue weighted by Gasteiger charge is 2.30. The summed E-state index contributed by atoms with van der Waals surface area (Å²) in [6, 6.07) is 0. The highest BCUT2D eigenvalue weighted by atomic mass is 16.6. The van der Waals surface area contributed by atoms with Crippen LogP contribution in [0.25, 0.3) is 0 Å². The predicted molar refractivity (Wildman–Crippen MR) is 70.4 cm³/mol. The fraction of sp³-hybridized carbons (Fsp3) is 0.857. The molecule has 1 aliphatic rings. The molecule has 1 aliphatic carbocycles. The molecule has 104 valence electrons. The van der Waals surface area contributed by atoms with Crippen LogP contribution in [-0.4, -0.2) is 24.0 Å². The maximum absolute atomic E-state index is 11.7. The van der Waals surface area contributed by atoms with Crippen molar-refractivity contribution in [1.82, 2.24) is 5.32 Å². The minimum atomic E-state index is -0.477. The van der Waals surface area contributed by atoms with Gasteiger partial charge in [-0.05, 0) is 39.5 Å². The summed E-state index contributed by atoms with van der Waals surface area (Å²) >= 11 is 0. The molecule has 1 unspecified atom stereocenters. The van der Waals surface area contributed by atoms with E-state index in [0.29, 0.717) is 24.7 Å². The first-order chi connectivity index (χ1) is 8.31.